The fraction of sp³-hybridized carbons (Fsp3) is 0.450. The lowest BCUT2D eigenvalue weighted by Gasteiger charge is -2.20. The van der Waals surface area contributed by atoms with Gasteiger partial charge < -0.3 is 15.5 Å². The van der Waals surface area contributed by atoms with Gasteiger partial charge in [0.2, 0.25) is 0 Å². The molecule has 2 N–H and O–H groups in total. The van der Waals surface area contributed by atoms with Crippen molar-refractivity contribution in [2.24, 2.45) is 10.9 Å². The highest BCUT2D eigenvalue weighted by molar-refractivity contribution is 14.0. The fourth-order valence-corrected chi connectivity index (χ4v) is 4.09. The number of hydrogen-bond donors (Lipinski definition) is 2. The van der Waals surface area contributed by atoms with Gasteiger partial charge in [-0.1, -0.05) is 13.0 Å². The van der Waals surface area contributed by atoms with Gasteiger partial charge in [-0.15, -0.1) is 35.3 Å². The van der Waals surface area contributed by atoms with Crippen molar-refractivity contribution < 1.29 is 8.78 Å². The Balaban J connectivity index is 0.00000280. The molecule has 2 heterocycles. The number of thiophene rings is 1. The highest BCUT2D eigenvalue weighted by Gasteiger charge is 2.23. The molecule has 8 heteroatoms. The molecule has 3 rings (SSSR count). The van der Waals surface area contributed by atoms with E-state index >= 15 is 0 Å². The molecule has 0 radical (unpaired) electrons. The Labute approximate surface area is 186 Å². The van der Waals surface area contributed by atoms with Crippen LogP contribution in [0.15, 0.2) is 40.7 Å². The van der Waals surface area contributed by atoms with Crippen molar-refractivity contribution in [2.75, 3.05) is 38.1 Å². The largest absolute Gasteiger partial charge is 0.371 e. The summed E-state index contributed by atoms with van der Waals surface area (Å²) in [5.74, 6) is 0.0660. The maximum Gasteiger partial charge on any atom is 0.191 e. The number of aliphatic imine (C=N–C) groups is 1. The second-order valence-electron chi connectivity index (χ2n) is 6.95. The monoisotopic (exact) mass is 520 g/mol. The minimum absolute atomic E-state index is 0. The smallest absolute Gasteiger partial charge is 0.191 e. The van der Waals surface area contributed by atoms with Crippen molar-refractivity contribution in [1.82, 2.24) is 10.6 Å². The van der Waals surface area contributed by atoms with Gasteiger partial charge in [-0.05, 0) is 35.9 Å². The van der Waals surface area contributed by atoms with E-state index in [1.54, 1.807) is 24.5 Å². The van der Waals surface area contributed by atoms with E-state index in [-0.39, 0.29) is 24.0 Å². The SMILES string of the molecule is CN=C(NCC1CCN(c2ccc(F)c(F)c2)C1)NCC(C)c1cccs1.I. The maximum absolute atomic E-state index is 13.4. The summed E-state index contributed by atoms with van der Waals surface area (Å²) in [4.78, 5) is 7.75. The van der Waals surface area contributed by atoms with Crippen LogP contribution in [0.1, 0.15) is 24.1 Å². The van der Waals surface area contributed by atoms with E-state index in [4.69, 9.17) is 0 Å². The third-order valence-electron chi connectivity index (χ3n) is 4.94. The van der Waals surface area contributed by atoms with Gasteiger partial charge in [-0.3, -0.25) is 4.99 Å². The summed E-state index contributed by atoms with van der Waals surface area (Å²) >= 11 is 1.77. The van der Waals surface area contributed by atoms with Crippen LogP contribution >= 0.6 is 35.3 Å². The lowest BCUT2D eigenvalue weighted by atomic mass is 10.1. The zero-order chi connectivity index (χ0) is 19.2. The molecule has 1 fully saturated rings. The number of halogens is 3. The van der Waals surface area contributed by atoms with E-state index in [0.29, 0.717) is 11.8 Å². The Morgan fingerprint density at radius 2 is 2.11 bits per heavy atom. The summed E-state index contributed by atoms with van der Waals surface area (Å²) in [5.41, 5.74) is 0.740. The van der Waals surface area contributed by atoms with E-state index in [0.717, 1.165) is 44.2 Å². The van der Waals surface area contributed by atoms with Crippen LogP contribution in [-0.4, -0.2) is 39.2 Å². The molecule has 0 spiro atoms. The zero-order valence-corrected chi connectivity index (χ0v) is 19.3. The van der Waals surface area contributed by atoms with Crippen LogP contribution in [0.3, 0.4) is 0 Å². The molecule has 1 aliphatic heterocycles. The maximum atomic E-state index is 13.4. The molecule has 0 amide bonds. The first kappa shape index (κ1) is 22.9. The second-order valence-corrected chi connectivity index (χ2v) is 7.93. The van der Waals surface area contributed by atoms with E-state index < -0.39 is 11.6 Å². The first-order valence-corrected chi connectivity index (χ1v) is 10.1. The molecular weight excluding hydrogens is 493 g/mol. The Morgan fingerprint density at radius 3 is 2.79 bits per heavy atom. The third-order valence-corrected chi connectivity index (χ3v) is 6.04. The average molecular weight is 520 g/mol. The van der Waals surface area contributed by atoms with Crippen LogP contribution in [0.2, 0.25) is 0 Å². The average Bonchev–Trinajstić information content (AvgIpc) is 3.36. The quantitative estimate of drug-likeness (QED) is 0.336. The summed E-state index contributed by atoms with van der Waals surface area (Å²) in [7, 11) is 1.77. The van der Waals surface area contributed by atoms with Gasteiger partial charge in [0.15, 0.2) is 17.6 Å². The van der Waals surface area contributed by atoms with Gasteiger partial charge in [-0.2, -0.15) is 0 Å². The van der Waals surface area contributed by atoms with Gasteiger partial charge in [0.25, 0.3) is 0 Å². The number of guanidine groups is 1. The fourth-order valence-electron chi connectivity index (χ4n) is 3.30. The van der Waals surface area contributed by atoms with E-state index in [1.807, 2.05) is 0 Å². The molecular formula is C20H27F2IN4S. The van der Waals surface area contributed by atoms with Crippen LogP contribution in [-0.2, 0) is 0 Å². The summed E-state index contributed by atoms with van der Waals surface area (Å²) in [6, 6.07) is 8.33. The van der Waals surface area contributed by atoms with Crippen LogP contribution < -0.4 is 15.5 Å². The van der Waals surface area contributed by atoms with Crippen molar-refractivity contribution in [1.29, 1.82) is 0 Å². The Morgan fingerprint density at radius 1 is 1.29 bits per heavy atom. The van der Waals surface area contributed by atoms with Crippen molar-refractivity contribution in [3.63, 3.8) is 0 Å². The van der Waals surface area contributed by atoms with Crippen LogP contribution in [0.5, 0.6) is 0 Å². The summed E-state index contributed by atoms with van der Waals surface area (Å²) in [6.45, 7) is 5.49. The van der Waals surface area contributed by atoms with E-state index in [1.165, 1.54) is 17.0 Å². The molecule has 1 aromatic carbocycles. The van der Waals surface area contributed by atoms with Gasteiger partial charge >= 0.3 is 0 Å². The van der Waals surface area contributed by atoms with Crippen LogP contribution in [0.25, 0.3) is 0 Å². The summed E-state index contributed by atoms with van der Waals surface area (Å²) < 4.78 is 26.6. The topological polar surface area (TPSA) is 39.7 Å². The zero-order valence-electron chi connectivity index (χ0n) is 16.1. The van der Waals surface area contributed by atoms with Gasteiger partial charge in [0, 0.05) is 55.8 Å². The van der Waals surface area contributed by atoms with Gasteiger partial charge in [0.1, 0.15) is 0 Å². The Bertz CT molecular complexity index is 770. The summed E-state index contributed by atoms with van der Waals surface area (Å²) in [5, 5.41) is 8.86. The molecule has 4 nitrogen and oxygen atoms in total. The molecule has 2 aromatic rings. The van der Waals surface area contributed by atoms with Crippen molar-refractivity contribution in [2.45, 2.75) is 19.3 Å². The minimum atomic E-state index is -0.803. The molecule has 0 bridgehead atoms. The highest BCUT2D eigenvalue weighted by Crippen LogP contribution is 2.25. The standard InChI is InChI=1S/C20H26F2N4S.HI/c1-14(19-4-3-9-27-19)11-24-20(23-2)25-12-15-7-8-26(13-15)16-5-6-17(21)18(22)10-16;/h3-6,9-10,14-15H,7-8,11-13H2,1-2H3,(H2,23,24,25);1H. The molecule has 28 heavy (non-hydrogen) atoms. The van der Waals surface area contributed by atoms with E-state index in [9.17, 15) is 8.78 Å². The van der Waals surface area contributed by atoms with Gasteiger partial charge in [-0.25, -0.2) is 8.78 Å². The lowest BCUT2D eigenvalue weighted by molar-refractivity contribution is 0.508. The molecule has 154 valence electrons. The third kappa shape index (κ3) is 6.04. The number of nitrogens with one attached hydrogen (secondary N) is 2. The predicted octanol–water partition coefficient (Wildman–Crippen LogP) is 4.44. The first-order chi connectivity index (χ1) is 13.1. The molecule has 1 aliphatic rings. The molecule has 2 atom stereocenters. The molecule has 0 aliphatic carbocycles. The summed E-state index contributed by atoms with van der Waals surface area (Å²) in [6.07, 6.45) is 1.01. The van der Waals surface area contributed by atoms with E-state index in [2.05, 4.69) is 45.0 Å². The Kier molecular flexibility index (Phi) is 8.94. The van der Waals surface area contributed by atoms with Crippen molar-refractivity contribution in [3.8, 4) is 0 Å². The number of nitrogens with zero attached hydrogens (tertiary/aromatic N) is 2. The number of rotatable bonds is 6. The number of benzene rings is 1. The number of hydrogen-bond acceptors (Lipinski definition) is 3. The highest BCUT2D eigenvalue weighted by atomic mass is 127. The first-order valence-electron chi connectivity index (χ1n) is 9.24. The Hall–Kier alpha value is -1.42. The van der Waals surface area contributed by atoms with Crippen LogP contribution in [0, 0.1) is 17.6 Å². The lowest BCUT2D eigenvalue weighted by Crippen LogP contribution is -2.41. The minimum Gasteiger partial charge on any atom is -0.371 e. The predicted molar refractivity (Wildman–Crippen MR) is 124 cm³/mol. The van der Waals surface area contributed by atoms with Gasteiger partial charge in [0.05, 0.1) is 0 Å². The van der Waals surface area contributed by atoms with Crippen LogP contribution in [0.4, 0.5) is 14.5 Å². The normalized spacial score (nSPS) is 17.9. The molecule has 0 saturated carbocycles. The molecule has 1 saturated heterocycles. The molecule has 2 unspecified atom stereocenters. The van der Waals surface area contributed by atoms with Crippen molar-refractivity contribution in [3.05, 3.63) is 52.2 Å². The molecule has 1 aromatic heterocycles. The second kappa shape index (κ2) is 10.9. The number of anilines is 1. The van der Waals surface area contributed by atoms with Crippen molar-refractivity contribution >= 4 is 47.0 Å².